The molecule has 0 unspecified atom stereocenters. The van der Waals surface area contributed by atoms with Crippen LogP contribution in [0.3, 0.4) is 0 Å². The molecule has 0 bridgehead atoms. The molecule has 0 fully saturated rings. The van der Waals surface area contributed by atoms with E-state index in [0.29, 0.717) is 27.1 Å². The van der Waals surface area contributed by atoms with Crippen molar-refractivity contribution >= 4 is 34.8 Å². The van der Waals surface area contributed by atoms with Crippen LogP contribution in [0.4, 0.5) is 5.69 Å². The highest BCUT2D eigenvalue weighted by Gasteiger charge is 2.13. The van der Waals surface area contributed by atoms with Crippen LogP contribution < -0.4 is 5.32 Å². The van der Waals surface area contributed by atoms with Gasteiger partial charge in [-0.05, 0) is 48.0 Å². The van der Waals surface area contributed by atoms with Gasteiger partial charge in [0.25, 0.3) is 5.91 Å². The number of hydrogen-bond donors (Lipinski definition) is 1. The summed E-state index contributed by atoms with van der Waals surface area (Å²) in [5, 5.41) is 12.5. The normalized spacial score (nSPS) is 10.3. The van der Waals surface area contributed by atoms with Gasteiger partial charge in [-0.15, -0.1) is 0 Å². The molecule has 0 aliphatic rings. The summed E-state index contributed by atoms with van der Waals surface area (Å²) in [6.45, 7) is 0. The number of anilines is 1. The highest BCUT2D eigenvalue weighted by molar-refractivity contribution is 6.35. The number of hydrogen-bond acceptors (Lipinski definition) is 3. The lowest BCUT2D eigenvalue weighted by atomic mass is 10.1. The first-order chi connectivity index (χ1) is 12.0. The predicted octanol–water partition coefficient (Wildman–Crippen LogP) is 5.57. The molecule has 6 heteroatoms. The Morgan fingerprint density at radius 1 is 1.08 bits per heavy atom. The molecular formula is C19H12Cl2N2O2. The fourth-order valence-electron chi connectivity index (χ4n) is 2.35. The fraction of sp³-hybridized carbons (Fsp3) is 0.0526. The van der Waals surface area contributed by atoms with Crippen molar-refractivity contribution < 1.29 is 9.21 Å². The van der Waals surface area contributed by atoms with Crippen molar-refractivity contribution in [3.63, 3.8) is 0 Å². The first kappa shape index (κ1) is 17.1. The SMILES string of the molecule is N#CCc1cccc(NC(=O)c2ccc(-c3cc(Cl)cc(Cl)c3)o2)c1. The molecule has 0 atom stereocenters. The molecule has 0 saturated heterocycles. The van der Waals surface area contributed by atoms with E-state index in [2.05, 4.69) is 11.4 Å². The van der Waals surface area contributed by atoms with Crippen molar-refractivity contribution in [2.45, 2.75) is 6.42 Å². The number of benzene rings is 2. The van der Waals surface area contributed by atoms with Gasteiger partial charge >= 0.3 is 0 Å². The summed E-state index contributed by atoms with van der Waals surface area (Å²) in [5.41, 5.74) is 2.11. The van der Waals surface area contributed by atoms with E-state index >= 15 is 0 Å². The molecule has 1 aromatic heterocycles. The topological polar surface area (TPSA) is 66.0 Å². The maximum absolute atomic E-state index is 12.3. The minimum Gasteiger partial charge on any atom is -0.451 e. The molecule has 1 heterocycles. The molecule has 124 valence electrons. The van der Waals surface area contributed by atoms with Crippen LogP contribution in [0, 0.1) is 11.3 Å². The van der Waals surface area contributed by atoms with Crippen molar-refractivity contribution in [3.05, 3.63) is 76.0 Å². The van der Waals surface area contributed by atoms with Crippen LogP contribution in [0.5, 0.6) is 0 Å². The van der Waals surface area contributed by atoms with Crippen LogP contribution in [-0.4, -0.2) is 5.91 Å². The molecule has 0 aliphatic heterocycles. The second-order valence-corrected chi connectivity index (χ2v) is 6.18. The summed E-state index contributed by atoms with van der Waals surface area (Å²) >= 11 is 12.0. The van der Waals surface area contributed by atoms with E-state index in [1.807, 2.05) is 6.07 Å². The second-order valence-electron chi connectivity index (χ2n) is 5.31. The highest BCUT2D eigenvalue weighted by Crippen LogP contribution is 2.28. The number of nitriles is 1. The molecule has 3 rings (SSSR count). The number of carbonyl (C=O) groups excluding carboxylic acids is 1. The average molecular weight is 371 g/mol. The lowest BCUT2D eigenvalue weighted by molar-refractivity contribution is 0.0997. The van der Waals surface area contributed by atoms with Crippen molar-refractivity contribution in [1.29, 1.82) is 5.26 Å². The van der Waals surface area contributed by atoms with Crippen molar-refractivity contribution in [2.75, 3.05) is 5.32 Å². The maximum atomic E-state index is 12.3. The van der Waals surface area contributed by atoms with E-state index in [4.69, 9.17) is 32.9 Å². The molecule has 3 aromatic rings. The van der Waals surface area contributed by atoms with Crippen LogP contribution in [0.1, 0.15) is 16.1 Å². The van der Waals surface area contributed by atoms with Crippen LogP contribution in [0.2, 0.25) is 10.0 Å². The number of carbonyl (C=O) groups is 1. The molecule has 0 saturated carbocycles. The summed E-state index contributed by atoms with van der Waals surface area (Å²) in [4.78, 5) is 12.3. The minimum absolute atomic E-state index is 0.164. The number of amides is 1. The second kappa shape index (κ2) is 7.43. The van der Waals surface area contributed by atoms with E-state index in [1.165, 1.54) is 0 Å². The maximum Gasteiger partial charge on any atom is 0.291 e. The smallest absolute Gasteiger partial charge is 0.291 e. The molecule has 2 aromatic carbocycles. The third kappa shape index (κ3) is 4.21. The number of furan rings is 1. The Labute approximate surface area is 154 Å². The third-order valence-electron chi connectivity index (χ3n) is 3.44. The zero-order chi connectivity index (χ0) is 17.8. The Morgan fingerprint density at radius 2 is 1.84 bits per heavy atom. The van der Waals surface area contributed by atoms with E-state index < -0.39 is 0 Å². The minimum atomic E-state index is -0.381. The van der Waals surface area contributed by atoms with Gasteiger partial charge in [0, 0.05) is 21.3 Å². The first-order valence-corrected chi connectivity index (χ1v) is 8.14. The average Bonchev–Trinajstić information content (AvgIpc) is 3.05. The highest BCUT2D eigenvalue weighted by atomic mass is 35.5. The monoisotopic (exact) mass is 370 g/mol. The summed E-state index contributed by atoms with van der Waals surface area (Å²) in [6, 6.07) is 17.5. The molecule has 1 N–H and O–H groups in total. The first-order valence-electron chi connectivity index (χ1n) is 7.39. The number of halogens is 2. The molecule has 0 radical (unpaired) electrons. The molecule has 4 nitrogen and oxygen atoms in total. The Hall–Kier alpha value is -2.74. The summed E-state index contributed by atoms with van der Waals surface area (Å²) < 4.78 is 5.61. The van der Waals surface area contributed by atoms with Crippen molar-refractivity contribution in [1.82, 2.24) is 0 Å². The zero-order valence-corrected chi connectivity index (χ0v) is 14.4. The molecule has 25 heavy (non-hydrogen) atoms. The van der Waals surface area contributed by atoms with Gasteiger partial charge in [-0.25, -0.2) is 0 Å². The van der Waals surface area contributed by atoms with Crippen molar-refractivity contribution in [2.24, 2.45) is 0 Å². The van der Waals surface area contributed by atoms with E-state index in [-0.39, 0.29) is 18.1 Å². The van der Waals surface area contributed by atoms with Gasteiger partial charge in [0.2, 0.25) is 0 Å². The predicted molar refractivity (Wildman–Crippen MR) is 97.9 cm³/mol. The lowest BCUT2D eigenvalue weighted by Gasteiger charge is -2.05. The van der Waals surface area contributed by atoms with E-state index in [0.717, 1.165) is 5.56 Å². The Balaban J connectivity index is 1.79. The van der Waals surface area contributed by atoms with Crippen LogP contribution >= 0.6 is 23.2 Å². The fourth-order valence-corrected chi connectivity index (χ4v) is 2.88. The summed E-state index contributed by atoms with van der Waals surface area (Å²) in [7, 11) is 0. The number of nitrogens with one attached hydrogen (secondary N) is 1. The Morgan fingerprint density at radius 3 is 2.56 bits per heavy atom. The summed E-state index contributed by atoms with van der Waals surface area (Å²) in [5.74, 6) is 0.276. The number of rotatable bonds is 4. The molecular weight excluding hydrogens is 359 g/mol. The van der Waals surface area contributed by atoms with Gasteiger partial charge in [-0.3, -0.25) is 4.79 Å². The van der Waals surface area contributed by atoms with Gasteiger partial charge in [0.15, 0.2) is 5.76 Å². The van der Waals surface area contributed by atoms with Gasteiger partial charge in [-0.2, -0.15) is 5.26 Å². The van der Waals surface area contributed by atoms with Crippen LogP contribution in [0.15, 0.2) is 59.0 Å². The summed E-state index contributed by atoms with van der Waals surface area (Å²) in [6.07, 6.45) is 0.282. The third-order valence-corrected chi connectivity index (χ3v) is 3.88. The molecule has 1 amide bonds. The van der Waals surface area contributed by atoms with Gasteiger partial charge in [-0.1, -0.05) is 35.3 Å². The standard InChI is InChI=1S/C19H12Cl2N2O2/c20-14-9-13(10-15(21)11-14)17-4-5-18(25-17)19(24)23-16-3-1-2-12(8-16)6-7-22/h1-5,8-11H,6H2,(H,23,24). The van der Waals surface area contributed by atoms with Crippen LogP contribution in [0.25, 0.3) is 11.3 Å². The van der Waals surface area contributed by atoms with Crippen LogP contribution in [-0.2, 0) is 6.42 Å². The molecule has 0 spiro atoms. The largest absolute Gasteiger partial charge is 0.451 e. The van der Waals surface area contributed by atoms with Gasteiger partial charge < -0.3 is 9.73 Å². The lowest BCUT2D eigenvalue weighted by Crippen LogP contribution is -2.10. The molecule has 0 aliphatic carbocycles. The van der Waals surface area contributed by atoms with E-state index in [9.17, 15) is 4.79 Å². The van der Waals surface area contributed by atoms with E-state index in [1.54, 1.807) is 48.5 Å². The van der Waals surface area contributed by atoms with Crippen molar-refractivity contribution in [3.8, 4) is 17.4 Å². The Kier molecular flexibility index (Phi) is 5.08. The van der Waals surface area contributed by atoms with Gasteiger partial charge in [0.1, 0.15) is 5.76 Å². The Bertz CT molecular complexity index is 953. The number of nitrogens with zero attached hydrogens (tertiary/aromatic N) is 1. The van der Waals surface area contributed by atoms with Gasteiger partial charge in [0.05, 0.1) is 12.5 Å². The quantitative estimate of drug-likeness (QED) is 0.652. The zero-order valence-electron chi connectivity index (χ0n) is 12.9.